The van der Waals surface area contributed by atoms with E-state index in [2.05, 4.69) is 31.2 Å². The third kappa shape index (κ3) is 4.05. The molecule has 0 saturated carbocycles. The van der Waals surface area contributed by atoms with Gasteiger partial charge in [0.05, 0.1) is 31.5 Å². The molecule has 0 aliphatic rings. The van der Waals surface area contributed by atoms with E-state index in [1.807, 2.05) is 53.2 Å². The van der Waals surface area contributed by atoms with Crippen molar-refractivity contribution in [3.8, 4) is 34.0 Å². The molecule has 0 bridgehead atoms. The van der Waals surface area contributed by atoms with Gasteiger partial charge in [0.15, 0.2) is 0 Å². The van der Waals surface area contributed by atoms with Gasteiger partial charge in [-0.15, -0.1) is 0 Å². The maximum absolute atomic E-state index is 6.92. The number of ether oxygens (including phenoxy) is 2. The average Bonchev–Trinajstić information content (AvgIpc) is 3.09. The van der Waals surface area contributed by atoms with Crippen LogP contribution in [0.2, 0.25) is 5.02 Å². The summed E-state index contributed by atoms with van der Waals surface area (Å²) in [6, 6.07) is 24.1. The molecule has 0 amide bonds. The smallest absolute Gasteiger partial charge is 0.119 e. The van der Waals surface area contributed by atoms with Crippen LogP contribution in [0.5, 0.6) is 11.5 Å². The molecule has 0 unspecified atom stereocenters. The van der Waals surface area contributed by atoms with E-state index in [4.69, 9.17) is 26.2 Å². The standard InChI is InChI=1S/C25H23ClN2O2/c1-17-7-4-8-18(13-17)16-28-25(20-10-6-12-22(15-20)30-3)23(26)24(27-28)19-9-5-11-21(14-19)29-2/h4-15H,16H2,1-3H3. The lowest BCUT2D eigenvalue weighted by molar-refractivity contribution is 0.415. The minimum atomic E-state index is 0.601. The predicted molar refractivity (Wildman–Crippen MR) is 121 cm³/mol. The molecule has 0 radical (unpaired) electrons. The van der Waals surface area contributed by atoms with Gasteiger partial charge in [-0.3, -0.25) is 4.68 Å². The molecule has 4 aromatic rings. The Morgan fingerprint density at radius 3 is 2.13 bits per heavy atom. The lowest BCUT2D eigenvalue weighted by atomic mass is 10.1. The highest BCUT2D eigenvalue weighted by atomic mass is 35.5. The van der Waals surface area contributed by atoms with Crippen LogP contribution >= 0.6 is 11.6 Å². The van der Waals surface area contributed by atoms with Crippen LogP contribution in [-0.4, -0.2) is 24.0 Å². The van der Waals surface area contributed by atoms with Crippen molar-refractivity contribution in [1.29, 1.82) is 0 Å². The third-order valence-electron chi connectivity index (χ3n) is 5.00. The van der Waals surface area contributed by atoms with Crippen LogP contribution < -0.4 is 9.47 Å². The number of hydrogen-bond acceptors (Lipinski definition) is 3. The van der Waals surface area contributed by atoms with Crippen molar-refractivity contribution in [1.82, 2.24) is 9.78 Å². The molecule has 1 heterocycles. The van der Waals surface area contributed by atoms with Gasteiger partial charge < -0.3 is 9.47 Å². The molecule has 0 aliphatic carbocycles. The Hall–Kier alpha value is -3.24. The quantitative estimate of drug-likeness (QED) is 0.371. The van der Waals surface area contributed by atoms with Crippen molar-refractivity contribution in [2.45, 2.75) is 13.5 Å². The van der Waals surface area contributed by atoms with Gasteiger partial charge in [-0.25, -0.2) is 0 Å². The molecule has 5 heteroatoms. The topological polar surface area (TPSA) is 36.3 Å². The van der Waals surface area contributed by atoms with Gasteiger partial charge in [0.25, 0.3) is 0 Å². The van der Waals surface area contributed by atoms with Crippen LogP contribution in [0.4, 0.5) is 0 Å². The molecule has 0 N–H and O–H groups in total. The number of methoxy groups -OCH3 is 2. The summed E-state index contributed by atoms with van der Waals surface area (Å²) in [4.78, 5) is 0. The number of aromatic nitrogens is 2. The van der Waals surface area contributed by atoms with Gasteiger partial charge in [0, 0.05) is 11.1 Å². The highest BCUT2D eigenvalue weighted by Gasteiger charge is 2.20. The van der Waals surface area contributed by atoms with Crippen molar-refractivity contribution in [3.63, 3.8) is 0 Å². The molecule has 0 saturated heterocycles. The lowest BCUT2D eigenvalue weighted by Gasteiger charge is -2.10. The van der Waals surface area contributed by atoms with E-state index in [0.717, 1.165) is 39.6 Å². The van der Waals surface area contributed by atoms with Gasteiger partial charge in [0.1, 0.15) is 17.2 Å². The van der Waals surface area contributed by atoms with E-state index in [1.165, 1.54) is 5.56 Å². The largest absolute Gasteiger partial charge is 0.497 e. The van der Waals surface area contributed by atoms with Crippen molar-refractivity contribution >= 4 is 11.6 Å². The molecule has 0 fully saturated rings. The number of nitrogens with zero attached hydrogens (tertiary/aromatic N) is 2. The molecular formula is C25H23ClN2O2. The first kappa shape index (κ1) is 20.0. The van der Waals surface area contributed by atoms with Gasteiger partial charge in [0.2, 0.25) is 0 Å². The summed E-state index contributed by atoms with van der Waals surface area (Å²) < 4.78 is 12.8. The van der Waals surface area contributed by atoms with E-state index < -0.39 is 0 Å². The maximum Gasteiger partial charge on any atom is 0.119 e. The Labute approximate surface area is 181 Å². The number of benzene rings is 3. The lowest BCUT2D eigenvalue weighted by Crippen LogP contribution is -2.04. The monoisotopic (exact) mass is 418 g/mol. The van der Waals surface area contributed by atoms with Crippen molar-refractivity contribution < 1.29 is 9.47 Å². The summed E-state index contributed by atoms with van der Waals surface area (Å²) in [5.74, 6) is 1.54. The molecule has 4 rings (SSSR count). The third-order valence-corrected chi connectivity index (χ3v) is 5.35. The molecule has 0 atom stereocenters. The molecule has 4 nitrogen and oxygen atoms in total. The Balaban J connectivity index is 1.88. The van der Waals surface area contributed by atoms with Crippen molar-refractivity contribution in [3.05, 3.63) is 88.9 Å². The molecular weight excluding hydrogens is 396 g/mol. The summed E-state index contributed by atoms with van der Waals surface area (Å²) in [5.41, 5.74) is 5.81. The van der Waals surface area contributed by atoms with Crippen LogP contribution in [0.25, 0.3) is 22.5 Å². The Morgan fingerprint density at radius 1 is 0.833 bits per heavy atom. The van der Waals surface area contributed by atoms with Crippen LogP contribution in [0.3, 0.4) is 0 Å². The first-order chi connectivity index (χ1) is 14.6. The molecule has 3 aromatic carbocycles. The summed E-state index contributed by atoms with van der Waals surface area (Å²) in [7, 11) is 3.31. The molecule has 0 spiro atoms. The molecule has 0 aliphatic heterocycles. The Morgan fingerprint density at radius 2 is 1.47 bits per heavy atom. The summed E-state index contributed by atoms with van der Waals surface area (Å²) in [5, 5.41) is 5.50. The zero-order valence-electron chi connectivity index (χ0n) is 17.2. The van der Waals surface area contributed by atoms with Gasteiger partial charge >= 0.3 is 0 Å². The second-order valence-corrected chi connectivity index (χ2v) is 7.50. The summed E-state index contributed by atoms with van der Waals surface area (Å²) in [6.45, 7) is 2.70. The second kappa shape index (κ2) is 8.64. The van der Waals surface area contributed by atoms with E-state index >= 15 is 0 Å². The average molecular weight is 419 g/mol. The van der Waals surface area contributed by atoms with Crippen LogP contribution in [0, 0.1) is 6.92 Å². The number of hydrogen-bond donors (Lipinski definition) is 0. The predicted octanol–water partition coefficient (Wildman–Crippen LogP) is 6.24. The van der Waals surface area contributed by atoms with Crippen LogP contribution in [-0.2, 0) is 6.54 Å². The van der Waals surface area contributed by atoms with Gasteiger partial charge in [-0.1, -0.05) is 65.7 Å². The summed E-state index contributed by atoms with van der Waals surface area (Å²) in [6.07, 6.45) is 0. The van der Waals surface area contributed by atoms with E-state index in [-0.39, 0.29) is 0 Å². The van der Waals surface area contributed by atoms with Crippen molar-refractivity contribution in [2.75, 3.05) is 14.2 Å². The minimum Gasteiger partial charge on any atom is -0.497 e. The first-order valence-electron chi connectivity index (χ1n) is 9.69. The Bertz CT molecular complexity index is 1180. The maximum atomic E-state index is 6.92. The van der Waals surface area contributed by atoms with E-state index in [9.17, 15) is 0 Å². The van der Waals surface area contributed by atoms with Crippen LogP contribution in [0.1, 0.15) is 11.1 Å². The second-order valence-electron chi connectivity index (χ2n) is 7.12. The SMILES string of the molecule is COc1cccc(-c2nn(Cc3cccc(C)c3)c(-c3cccc(OC)c3)c2Cl)c1. The number of rotatable bonds is 6. The summed E-state index contributed by atoms with van der Waals surface area (Å²) >= 11 is 6.92. The fourth-order valence-electron chi connectivity index (χ4n) is 3.54. The highest BCUT2D eigenvalue weighted by Crippen LogP contribution is 2.38. The zero-order chi connectivity index (χ0) is 21.1. The normalized spacial score (nSPS) is 10.8. The van der Waals surface area contributed by atoms with Crippen molar-refractivity contribution in [2.24, 2.45) is 0 Å². The Kier molecular flexibility index (Phi) is 5.77. The number of halogens is 1. The van der Waals surface area contributed by atoms with Gasteiger partial charge in [-0.05, 0) is 36.8 Å². The van der Waals surface area contributed by atoms with Crippen LogP contribution in [0.15, 0.2) is 72.8 Å². The zero-order valence-corrected chi connectivity index (χ0v) is 18.0. The molecule has 152 valence electrons. The van der Waals surface area contributed by atoms with E-state index in [1.54, 1.807) is 14.2 Å². The minimum absolute atomic E-state index is 0.601. The first-order valence-corrected chi connectivity index (χ1v) is 10.1. The molecule has 30 heavy (non-hydrogen) atoms. The number of aryl methyl sites for hydroxylation is 1. The highest BCUT2D eigenvalue weighted by molar-refractivity contribution is 6.35. The van der Waals surface area contributed by atoms with Gasteiger partial charge in [-0.2, -0.15) is 5.10 Å². The fraction of sp³-hybridized carbons (Fsp3) is 0.160. The van der Waals surface area contributed by atoms with E-state index in [0.29, 0.717) is 11.6 Å². The molecule has 1 aromatic heterocycles. The fourth-order valence-corrected chi connectivity index (χ4v) is 3.89.